The fourth-order valence-electron chi connectivity index (χ4n) is 1.33. The largest absolute Gasteiger partial charge is 0.480 e. The number of aliphatic carboxylic acids is 1. The first-order valence-corrected chi connectivity index (χ1v) is 5.75. The standard InChI is InChI=1S/C12H20N2O4/c1-3-6-10(18-2)11(15)14-8-5-4-7-9(13)12(16)17/h1,9-10H,4-8,13H2,2H3,(H,14,15)(H,16,17)/t9?,10-/m0/s1. The van der Waals surface area contributed by atoms with Gasteiger partial charge in [-0.05, 0) is 19.3 Å². The second kappa shape index (κ2) is 9.45. The van der Waals surface area contributed by atoms with Crippen molar-refractivity contribution in [2.75, 3.05) is 13.7 Å². The number of ether oxygens (including phenoxy) is 1. The Bertz CT molecular complexity index is 312. The quantitative estimate of drug-likeness (QED) is 0.389. The third-order valence-electron chi connectivity index (χ3n) is 2.44. The number of unbranched alkanes of at least 4 members (excludes halogenated alkanes) is 1. The van der Waals surface area contributed by atoms with Gasteiger partial charge in [0.25, 0.3) is 0 Å². The summed E-state index contributed by atoms with van der Waals surface area (Å²) in [5.41, 5.74) is 5.34. The van der Waals surface area contributed by atoms with Crippen LogP contribution < -0.4 is 11.1 Å². The van der Waals surface area contributed by atoms with Crippen molar-refractivity contribution in [1.29, 1.82) is 0 Å². The third kappa shape index (κ3) is 6.89. The van der Waals surface area contributed by atoms with Crippen molar-refractivity contribution in [1.82, 2.24) is 5.32 Å². The van der Waals surface area contributed by atoms with Gasteiger partial charge >= 0.3 is 5.97 Å². The summed E-state index contributed by atoms with van der Waals surface area (Å²) in [6.07, 6.45) is 6.40. The molecule has 102 valence electrons. The number of nitrogens with one attached hydrogen (secondary N) is 1. The molecular formula is C12H20N2O4. The van der Waals surface area contributed by atoms with Crippen LogP contribution in [0.1, 0.15) is 25.7 Å². The van der Waals surface area contributed by atoms with Gasteiger partial charge in [0.2, 0.25) is 5.91 Å². The van der Waals surface area contributed by atoms with E-state index in [2.05, 4.69) is 11.2 Å². The maximum atomic E-state index is 11.5. The van der Waals surface area contributed by atoms with Gasteiger partial charge < -0.3 is 20.9 Å². The Morgan fingerprint density at radius 3 is 2.67 bits per heavy atom. The van der Waals surface area contributed by atoms with Crippen LogP contribution in [0.25, 0.3) is 0 Å². The lowest BCUT2D eigenvalue weighted by Crippen LogP contribution is -2.36. The summed E-state index contributed by atoms with van der Waals surface area (Å²) in [6, 6.07) is -0.839. The average Bonchev–Trinajstić information content (AvgIpc) is 2.34. The molecule has 2 atom stereocenters. The molecule has 0 spiro atoms. The molecule has 0 aliphatic carbocycles. The maximum Gasteiger partial charge on any atom is 0.320 e. The fourth-order valence-corrected chi connectivity index (χ4v) is 1.33. The van der Waals surface area contributed by atoms with Gasteiger partial charge in [-0.1, -0.05) is 0 Å². The molecule has 1 unspecified atom stereocenters. The molecule has 0 bridgehead atoms. The number of terminal acetylenes is 1. The van der Waals surface area contributed by atoms with Crippen LogP contribution >= 0.6 is 0 Å². The molecule has 0 aromatic heterocycles. The van der Waals surface area contributed by atoms with Crippen molar-refractivity contribution in [2.24, 2.45) is 5.73 Å². The summed E-state index contributed by atoms with van der Waals surface area (Å²) in [5.74, 6) is 1.10. The van der Waals surface area contributed by atoms with E-state index >= 15 is 0 Å². The average molecular weight is 256 g/mol. The normalized spacial score (nSPS) is 13.4. The number of methoxy groups -OCH3 is 1. The number of hydrogen-bond acceptors (Lipinski definition) is 4. The van der Waals surface area contributed by atoms with E-state index in [1.807, 2.05) is 0 Å². The van der Waals surface area contributed by atoms with Crippen molar-refractivity contribution in [3.05, 3.63) is 0 Å². The molecule has 0 fully saturated rings. The fraction of sp³-hybridized carbons (Fsp3) is 0.667. The second-order valence-electron chi connectivity index (χ2n) is 3.86. The van der Waals surface area contributed by atoms with Gasteiger partial charge in [-0.25, -0.2) is 0 Å². The molecule has 0 aliphatic heterocycles. The molecule has 0 saturated heterocycles. The van der Waals surface area contributed by atoms with Gasteiger partial charge in [-0.3, -0.25) is 9.59 Å². The van der Waals surface area contributed by atoms with E-state index in [9.17, 15) is 9.59 Å². The second-order valence-corrected chi connectivity index (χ2v) is 3.86. The van der Waals surface area contributed by atoms with E-state index in [-0.39, 0.29) is 12.3 Å². The van der Waals surface area contributed by atoms with Crippen molar-refractivity contribution >= 4 is 11.9 Å². The maximum absolute atomic E-state index is 11.5. The molecule has 0 aromatic rings. The first-order valence-electron chi connectivity index (χ1n) is 5.75. The van der Waals surface area contributed by atoms with Crippen LogP contribution in [0.15, 0.2) is 0 Å². The van der Waals surface area contributed by atoms with E-state index in [1.165, 1.54) is 7.11 Å². The first kappa shape index (κ1) is 16.4. The molecule has 18 heavy (non-hydrogen) atoms. The van der Waals surface area contributed by atoms with E-state index in [4.69, 9.17) is 22.0 Å². The summed E-state index contributed by atoms with van der Waals surface area (Å²) < 4.78 is 4.93. The summed E-state index contributed by atoms with van der Waals surface area (Å²) in [7, 11) is 1.42. The molecule has 0 rings (SSSR count). The Balaban J connectivity index is 3.69. The minimum Gasteiger partial charge on any atom is -0.480 e. The molecular weight excluding hydrogens is 236 g/mol. The zero-order valence-corrected chi connectivity index (χ0v) is 10.5. The van der Waals surface area contributed by atoms with E-state index in [1.54, 1.807) is 0 Å². The van der Waals surface area contributed by atoms with Crippen molar-refractivity contribution in [3.63, 3.8) is 0 Å². The smallest absolute Gasteiger partial charge is 0.320 e. The zero-order valence-electron chi connectivity index (χ0n) is 10.5. The summed E-state index contributed by atoms with van der Waals surface area (Å²) in [5, 5.41) is 11.2. The molecule has 1 amide bonds. The SMILES string of the molecule is C#CC[C@H](OC)C(=O)NCCCCC(N)C(=O)O. The first-order chi connectivity index (χ1) is 8.52. The molecule has 6 nitrogen and oxygen atoms in total. The van der Waals surface area contributed by atoms with E-state index < -0.39 is 18.1 Å². The lowest BCUT2D eigenvalue weighted by molar-refractivity contribution is -0.138. The Hall–Kier alpha value is -1.58. The van der Waals surface area contributed by atoms with Crippen LogP contribution in [0.4, 0.5) is 0 Å². The number of hydrogen-bond donors (Lipinski definition) is 3. The number of rotatable bonds is 9. The monoisotopic (exact) mass is 256 g/mol. The Morgan fingerprint density at radius 1 is 1.50 bits per heavy atom. The predicted octanol–water partition coefficient (Wildman–Crippen LogP) is -0.277. The van der Waals surface area contributed by atoms with Gasteiger partial charge in [0.15, 0.2) is 0 Å². The van der Waals surface area contributed by atoms with Gasteiger partial charge in [0.1, 0.15) is 12.1 Å². The number of amides is 1. The number of carbonyl (C=O) groups is 2. The van der Waals surface area contributed by atoms with Gasteiger partial charge in [-0.2, -0.15) is 0 Å². The van der Waals surface area contributed by atoms with Gasteiger partial charge in [-0.15, -0.1) is 12.3 Å². The van der Waals surface area contributed by atoms with E-state index in [0.717, 1.165) is 0 Å². The highest BCUT2D eigenvalue weighted by Gasteiger charge is 2.15. The van der Waals surface area contributed by atoms with Crippen molar-refractivity contribution < 1.29 is 19.4 Å². The number of nitrogens with two attached hydrogens (primary N) is 1. The third-order valence-corrected chi connectivity index (χ3v) is 2.44. The topological polar surface area (TPSA) is 102 Å². The van der Waals surface area contributed by atoms with Crippen molar-refractivity contribution in [3.8, 4) is 12.3 Å². The minimum atomic E-state index is -1.01. The lowest BCUT2D eigenvalue weighted by atomic mass is 10.1. The van der Waals surface area contributed by atoms with Crippen LogP contribution in [0.5, 0.6) is 0 Å². The summed E-state index contributed by atoms with van der Waals surface area (Å²) in [6.45, 7) is 0.454. The Labute approximate surface area is 107 Å². The summed E-state index contributed by atoms with van der Waals surface area (Å²) >= 11 is 0. The number of carbonyl (C=O) groups excluding carboxylic acids is 1. The Morgan fingerprint density at radius 2 is 2.17 bits per heavy atom. The molecule has 0 saturated carbocycles. The number of carboxylic acid groups (broad SMARTS) is 1. The molecule has 0 aliphatic rings. The highest BCUT2D eigenvalue weighted by atomic mass is 16.5. The minimum absolute atomic E-state index is 0.228. The molecule has 0 heterocycles. The predicted molar refractivity (Wildman–Crippen MR) is 66.7 cm³/mol. The van der Waals surface area contributed by atoms with E-state index in [0.29, 0.717) is 25.8 Å². The van der Waals surface area contributed by atoms with Crippen molar-refractivity contribution in [2.45, 2.75) is 37.8 Å². The van der Waals surface area contributed by atoms with Gasteiger partial charge in [0, 0.05) is 20.1 Å². The van der Waals surface area contributed by atoms with Crippen LogP contribution in [0.2, 0.25) is 0 Å². The highest BCUT2D eigenvalue weighted by Crippen LogP contribution is 2.00. The Kier molecular flexibility index (Phi) is 8.62. The van der Waals surface area contributed by atoms with Gasteiger partial charge in [0.05, 0.1) is 0 Å². The van der Waals surface area contributed by atoms with Crippen LogP contribution in [-0.2, 0) is 14.3 Å². The molecule has 0 radical (unpaired) electrons. The zero-order chi connectivity index (χ0) is 14.0. The van der Waals surface area contributed by atoms with Crippen LogP contribution in [0.3, 0.4) is 0 Å². The number of carboxylic acids is 1. The molecule has 0 aromatic carbocycles. The lowest BCUT2D eigenvalue weighted by Gasteiger charge is -2.12. The highest BCUT2D eigenvalue weighted by molar-refractivity contribution is 5.81. The molecule has 6 heteroatoms. The summed E-state index contributed by atoms with van der Waals surface area (Å²) in [4.78, 5) is 22.0. The molecule has 4 N–H and O–H groups in total. The van der Waals surface area contributed by atoms with Crippen LogP contribution in [-0.4, -0.2) is 42.8 Å². The van der Waals surface area contributed by atoms with Crippen LogP contribution in [0, 0.1) is 12.3 Å².